The maximum Gasteiger partial charge on any atom is 0.136 e. The molecule has 0 aromatic rings. The second kappa shape index (κ2) is 6.18. The van der Waals surface area contributed by atoms with E-state index in [-0.39, 0.29) is 6.10 Å². The van der Waals surface area contributed by atoms with Gasteiger partial charge in [0.25, 0.3) is 0 Å². The Bertz CT molecular complexity index is 169. The predicted molar refractivity (Wildman–Crippen MR) is 57.3 cm³/mol. The Morgan fingerprint density at radius 3 is 2.57 bits per heavy atom. The molecule has 1 rings (SSSR count). The maximum atomic E-state index is 11.6. The zero-order valence-electron chi connectivity index (χ0n) is 9.42. The number of ether oxygens (including phenoxy) is 1. The summed E-state index contributed by atoms with van der Waals surface area (Å²) >= 11 is 0. The Morgan fingerprint density at radius 1 is 1.36 bits per heavy atom. The van der Waals surface area contributed by atoms with Crippen molar-refractivity contribution in [1.29, 1.82) is 0 Å². The monoisotopic (exact) mass is 198 g/mol. The van der Waals surface area contributed by atoms with Crippen LogP contribution in [0, 0.1) is 5.92 Å². The van der Waals surface area contributed by atoms with Crippen molar-refractivity contribution in [3.8, 4) is 0 Å². The topological polar surface area (TPSA) is 26.3 Å². The number of Topliss-reactive ketones (excluding diaryl/α,β-unsaturated/α-hetero) is 1. The number of carbonyl (C=O) groups excluding carboxylic acids is 1. The molecule has 1 aliphatic rings. The summed E-state index contributed by atoms with van der Waals surface area (Å²) in [5.74, 6) is 0.851. The molecule has 1 fully saturated rings. The first-order valence-electron chi connectivity index (χ1n) is 5.84. The van der Waals surface area contributed by atoms with E-state index in [4.69, 9.17) is 4.74 Å². The third-order valence-electron chi connectivity index (χ3n) is 2.83. The summed E-state index contributed by atoms with van der Waals surface area (Å²) < 4.78 is 5.40. The van der Waals surface area contributed by atoms with E-state index in [1.165, 1.54) is 12.8 Å². The molecule has 0 aromatic heterocycles. The first kappa shape index (κ1) is 11.7. The van der Waals surface area contributed by atoms with Crippen LogP contribution >= 0.6 is 0 Å². The van der Waals surface area contributed by atoms with Crippen molar-refractivity contribution in [1.82, 2.24) is 0 Å². The van der Waals surface area contributed by atoms with Crippen LogP contribution < -0.4 is 0 Å². The van der Waals surface area contributed by atoms with E-state index in [0.29, 0.717) is 11.7 Å². The highest BCUT2D eigenvalue weighted by molar-refractivity contribution is 5.81. The summed E-state index contributed by atoms with van der Waals surface area (Å²) in [6, 6.07) is 0. The van der Waals surface area contributed by atoms with Gasteiger partial charge >= 0.3 is 0 Å². The van der Waals surface area contributed by atoms with Crippen LogP contribution in [-0.4, -0.2) is 18.5 Å². The number of ketones is 1. The average molecular weight is 198 g/mol. The van der Waals surface area contributed by atoms with Crippen LogP contribution in [0.25, 0.3) is 0 Å². The molecule has 14 heavy (non-hydrogen) atoms. The highest BCUT2D eigenvalue weighted by Crippen LogP contribution is 2.26. The lowest BCUT2D eigenvalue weighted by Gasteiger charge is -2.09. The molecule has 0 atom stereocenters. The summed E-state index contributed by atoms with van der Waals surface area (Å²) in [6.45, 7) is 4.79. The van der Waals surface area contributed by atoms with Crippen LogP contribution in [0.2, 0.25) is 0 Å². The van der Waals surface area contributed by atoms with E-state index in [1.807, 2.05) is 13.8 Å². The SMILES string of the molecule is CC(C)OCCCC(=O)C1CCCC1. The smallest absolute Gasteiger partial charge is 0.136 e. The lowest BCUT2D eigenvalue weighted by Crippen LogP contribution is -2.12. The van der Waals surface area contributed by atoms with Crippen molar-refractivity contribution < 1.29 is 9.53 Å². The molecule has 0 N–H and O–H groups in total. The Labute approximate surface area is 87.0 Å². The zero-order valence-corrected chi connectivity index (χ0v) is 9.42. The zero-order chi connectivity index (χ0) is 10.4. The minimum Gasteiger partial charge on any atom is -0.379 e. The van der Waals surface area contributed by atoms with Gasteiger partial charge in [-0.3, -0.25) is 4.79 Å². The minimum atomic E-state index is 0.289. The summed E-state index contributed by atoms with van der Waals surface area (Å²) in [6.07, 6.45) is 6.66. The lowest BCUT2D eigenvalue weighted by molar-refractivity contribution is -0.123. The quantitative estimate of drug-likeness (QED) is 0.613. The molecular weight excluding hydrogens is 176 g/mol. The van der Waals surface area contributed by atoms with E-state index in [1.54, 1.807) is 0 Å². The lowest BCUT2D eigenvalue weighted by atomic mass is 9.99. The van der Waals surface area contributed by atoms with E-state index in [2.05, 4.69) is 0 Å². The van der Waals surface area contributed by atoms with Gasteiger partial charge in [-0.15, -0.1) is 0 Å². The first-order chi connectivity index (χ1) is 6.70. The van der Waals surface area contributed by atoms with Crippen molar-refractivity contribution in [2.75, 3.05) is 6.61 Å². The first-order valence-corrected chi connectivity index (χ1v) is 5.84. The van der Waals surface area contributed by atoms with Crippen molar-refractivity contribution in [3.63, 3.8) is 0 Å². The van der Waals surface area contributed by atoms with Gasteiger partial charge in [0.15, 0.2) is 0 Å². The maximum absolute atomic E-state index is 11.6. The van der Waals surface area contributed by atoms with Gasteiger partial charge in [0.05, 0.1) is 6.10 Å². The van der Waals surface area contributed by atoms with Crippen LogP contribution in [0.5, 0.6) is 0 Å². The fraction of sp³-hybridized carbons (Fsp3) is 0.917. The summed E-state index contributed by atoms with van der Waals surface area (Å²) in [4.78, 5) is 11.6. The van der Waals surface area contributed by atoms with Crippen molar-refractivity contribution in [2.24, 2.45) is 5.92 Å². The molecule has 0 heterocycles. The van der Waals surface area contributed by atoms with Crippen LogP contribution in [-0.2, 0) is 9.53 Å². The predicted octanol–water partition coefficient (Wildman–Crippen LogP) is 2.95. The van der Waals surface area contributed by atoms with Gasteiger partial charge < -0.3 is 4.74 Å². The van der Waals surface area contributed by atoms with Crippen LogP contribution in [0.4, 0.5) is 0 Å². The number of rotatable bonds is 6. The molecule has 1 saturated carbocycles. The molecule has 0 aliphatic heterocycles. The summed E-state index contributed by atoms with van der Waals surface area (Å²) in [5.41, 5.74) is 0. The number of hydrogen-bond donors (Lipinski definition) is 0. The van der Waals surface area contributed by atoms with E-state index in [0.717, 1.165) is 32.3 Å². The summed E-state index contributed by atoms with van der Waals surface area (Å²) in [5, 5.41) is 0. The second-order valence-corrected chi connectivity index (χ2v) is 4.47. The van der Waals surface area contributed by atoms with Gasteiger partial charge in [-0.1, -0.05) is 12.8 Å². The second-order valence-electron chi connectivity index (χ2n) is 4.47. The van der Waals surface area contributed by atoms with Crippen LogP contribution in [0.3, 0.4) is 0 Å². The molecule has 1 aliphatic carbocycles. The van der Waals surface area contributed by atoms with E-state index in [9.17, 15) is 4.79 Å². The van der Waals surface area contributed by atoms with Gasteiger partial charge in [0.1, 0.15) is 5.78 Å². The molecule has 0 aromatic carbocycles. The molecule has 0 spiro atoms. The van der Waals surface area contributed by atoms with Gasteiger partial charge in [-0.05, 0) is 33.1 Å². The minimum absolute atomic E-state index is 0.289. The van der Waals surface area contributed by atoms with E-state index >= 15 is 0 Å². The molecule has 82 valence electrons. The summed E-state index contributed by atoms with van der Waals surface area (Å²) in [7, 11) is 0. The van der Waals surface area contributed by atoms with Crippen molar-refractivity contribution in [3.05, 3.63) is 0 Å². The fourth-order valence-corrected chi connectivity index (χ4v) is 2.02. The van der Waals surface area contributed by atoms with Crippen LogP contribution in [0.1, 0.15) is 52.4 Å². The normalized spacial score (nSPS) is 17.9. The standard InChI is InChI=1S/C12H22O2/c1-10(2)14-9-5-8-12(13)11-6-3-4-7-11/h10-11H,3-9H2,1-2H3. The van der Waals surface area contributed by atoms with Crippen molar-refractivity contribution in [2.45, 2.75) is 58.5 Å². The van der Waals surface area contributed by atoms with Crippen molar-refractivity contribution >= 4 is 5.78 Å². The molecule has 2 heteroatoms. The molecule has 0 saturated heterocycles. The molecular formula is C12H22O2. The number of carbonyl (C=O) groups is 1. The third-order valence-corrected chi connectivity index (χ3v) is 2.83. The molecule has 0 unspecified atom stereocenters. The van der Waals surface area contributed by atoms with Gasteiger partial charge in [0.2, 0.25) is 0 Å². The molecule has 0 radical (unpaired) electrons. The Morgan fingerprint density at radius 2 is 2.00 bits per heavy atom. The molecule has 2 nitrogen and oxygen atoms in total. The third kappa shape index (κ3) is 4.23. The highest BCUT2D eigenvalue weighted by Gasteiger charge is 2.21. The molecule has 0 amide bonds. The fourth-order valence-electron chi connectivity index (χ4n) is 2.02. The van der Waals surface area contributed by atoms with Gasteiger partial charge in [0, 0.05) is 18.9 Å². The Kier molecular flexibility index (Phi) is 5.16. The molecule has 0 bridgehead atoms. The highest BCUT2D eigenvalue weighted by atomic mass is 16.5. The van der Waals surface area contributed by atoms with Crippen LogP contribution in [0.15, 0.2) is 0 Å². The van der Waals surface area contributed by atoms with E-state index < -0.39 is 0 Å². The Hall–Kier alpha value is -0.370. The van der Waals surface area contributed by atoms with Gasteiger partial charge in [-0.25, -0.2) is 0 Å². The van der Waals surface area contributed by atoms with Gasteiger partial charge in [-0.2, -0.15) is 0 Å². The number of hydrogen-bond acceptors (Lipinski definition) is 2. The Balaban J connectivity index is 2.03. The largest absolute Gasteiger partial charge is 0.379 e. The average Bonchev–Trinajstić information content (AvgIpc) is 2.64.